The molecule has 2 nitrogen and oxygen atoms in total. The van der Waals surface area contributed by atoms with Crippen LogP contribution in [0.5, 0.6) is 5.75 Å². The van der Waals surface area contributed by atoms with E-state index in [0.29, 0.717) is 12.3 Å². The third kappa shape index (κ3) is 2.03. The summed E-state index contributed by atoms with van der Waals surface area (Å²) < 4.78 is 0.925. The summed E-state index contributed by atoms with van der Waals surface area (Å²) in [5, 5.41) is 9.79. The monoisotopic (exact) mass is 243 g/mol. The Labute approximate surface area is 86.9 Å². The Morgan fingerprint density at radius 2 is 2.15 bits per heavy atom. The molecule has 1 rings (SSSR count). The van der Waals surface area contributed by atoms with Gasteiger partial charge in [0, 0.05) is 10.0 Å². The minimum atomic E-state index is 0.175. The number of aryl methyl sites for hydroxylation is 1. The van der Waals surface area contributed by atoms with Crippen LogP contribution >= 0.6 is 15.9 Å². The predicted octanol–water partition coefficient (Wildman–Crippen LogP) is 2.53. The number of hydrogen-bond donors (Lipinski definition) is 2. The van der Waals surface area contributed by atoms with Gasteiger partial charge in [0.1, 0.15) is 5.75 Å². The predicted molar refractivity (Wildman–Crippen MR) is 58.0 cm³/mol. The smallest absolute Gasteiger partial charge is 0.123 e. The molecule has 0 amide bonds. The molecule has 0 aromatic heterocycles. The average molecular weight is 244 g/mol. The van der Waals surface area contributed by atoms with Crippen LogP contribution < -0.4 is 5.73 Å². The van der Waals surface area contributed by atoms with Crippen molar-refractivity contribution < 1.29 is 5.11 Å². The maximum Gasteiger partial charge on any atom is 0.123 e. The van der Waals surface area contributed by atoms with Crippen LogP contribution in [0.1, 0.15) is 24.0 Å². The van der Waals surface area contributed by atoms with Crippen LogP contribution in [-0.2, 0) is 0 Å². The number of rotatable bonds is 2. The Kier molecular flexibility index (Phi) is 3.33. The highest BCUT2D eigenvalue weighted by Gasteiger charge is 2.14. The lowest BCUT2D eigenvalue weighted by atomic mass is 9.98. The molecule has 0 aliphatic carbocycles. The van der Waals surface area contributed by atoms with E-state index in [1.807, 2.05) is 26.0 Å². The van der Waals surface area contributed by atoms with Gasteiger partial charge in [-0.05, 0) is 31.0 Å². The summed E-state index contributed by atoms with van der Waals surface area (Å²) in [6, 6.07) is 3.82. The average Bonchev–Trinajstić information content (AvgIpc) is 2.12. The van der Waals surface area contributed by atoms with Crippen molar-refractivity contribution in [2.75, 3.05) is 6.54 Å². The van der Waals surface area contributed by atoms with Crippen molar-refractivity contribution in [3.05, 3.63) is 27.7 Å². The SMILES string of the molecule is Cc1ccc(Br)c(C(C)CN)c1O. The third-order valence-corrected chi connectivity index (χ3v) is 2.90. The van der Waals surface area contributed by atoms with Crippen LogP contribution in [0.25, 0.3) is 0 Å². The zero-order valence-electron chi connectivity index (χ0n) is 7.84. The normalized spacial score (nSPS) is 12.9. The van der Waals surface area contributed by atoms with Crippen molar-refractivity contribution in [1.82, 2.24) is 0 Å². The van der Waals surface area contributed by atoms with Crippen LogP contribution in [0.4, 0.5) is 0 Å². The Hall–Kier alpha value is -0.540. The third-order valence-electron chi connectivity index (χ3n) is 2.21. The van der Waals surface area contributed by atoms with E-state index in [2.05, 4.69) is 15.9 Å². The van der Waals surface area contributed by atoms with Crippen molar-refractivity contribution >= 4 is 15.9 Å². The second-order valence-corrected chi connectivity index (χ2v) is 4.12. The summed E-state index contributed by atoms with van der Waals surface area (Å²) in [4.78, 5) is 0. The van der Waals surface area contributed by atoms with E-state index in [4.69, 9.17) is 5.73 Å². The molecule has 1 aromatic rings. The van der Waals surface area contributed by atoms with Crippen LogP contribution in [-0.4, -0.2) is 11.7 Å². The van der Waals surface area contributed by atoms with Gasteiger partial charge in [-0.1, -0.05) is 28.9 Å². The van der Waals surface area contributed by atoms with Gasteiger partial charge in [-0.2, -0.15) is 0 Å². The lowest BCUT2D eigenvalue weighted by molar-refractivity contribution is 0.458. The molecule has 0 fully saturated rings. The quantitative estimate of drug-likeness (QED) is 0.839. The van der Waals surface area contributed by atoms with Crippen molar-refractivity contribution in [3.63, 3.8) is 0 Å². The highest BCUT2D eigenvalue weighted by Crippen LogP contribution is 2.34. The van der Waals surface area contributed by atoms with Gasteiger partial charge in [0.2, 0.25) is 0 Å². The minimum Gasteiger partial charge on any atom is -0.507 e. The number of hydrogen-bond acceptors (Lipinski definition) is 2. The molecule has 0 aliphatic heterocycles. The van der Waals surface area contributed by atoms with Gasteiger partial charge in [-0.3, -0.25) is 0 Å². The van der Waals surface area contributed by atoms with E-state index in [1.165, 1.54) is 0 Å². The number of halogens is 1. The summed E-state index contributed by atoms with van der Waals surface area (Å²) in [5.74, 6) is 0.529. The fraction of sp³-hybridized carbons (Fsp3) is 0.400. The number of nitrogens with two attached hydrogens (primary N) is 1. The van der Waals surface area contributed by atoms with Gasteiger partial charge in [0.25, 0.3) is 0 Å². The van der Waals surface area contributed by atoms with Crippen LogP contribution in [0.2, 0.25) is 0 Å². The fourth-order valence-electron chi connectivity index (χ4n) is 1.28. The molecular weight excluding hydrogens is 230 g/mol. The molecule has 3 N–H and O–H groups in total. The Balaban J connectivity index is 3.25. The number of aromatic hydroxyl groups is 1. The van der Waals surface area contributed by atoms with Crippen LogP contribution in [0, 0.1) is 6.92 Å². The lowest BCUT2D eigenvalue weighted by Crippen LogP contribution is -2.10. The maximum absolute atomic E-state index is 9.79. The molecule has 0 saturated carbocycles. The largest absolute Gasteiger partial charge is 0.507 e. The van der Waals surface area contributed by atoms with E-state index < -0.39 is 0 Å². The summed E-state index contributed by atoms with van der Waals surface area (Å²) in [6.45, 7) is 4.42. The molecule has 1 atom stereocenters. The van der Waals surface area contributed by atoms with E-state index in [9.17, 15) is 5.11 Å². The molecule has 1 aromatic carbocycles. The molecule has 13 heavy (non-hydrogen) atoms. The maximum atomic E-state index is 9.79. The lowest BCUT2D eigenvalue weighted by Gasteiger charge is -2.14. The molecule has 72 valence electrons. The Bertz CT molecular complexity index is 312. The van der Waals surface area contributed by atoms with E-state index in [-0.39, 0.29) is 5.92 Å². The summed E-state index contributed by atoms with van der Waals surface area (Å²) in [6.07, 6.45) is 0. The Morgan fingerprint density at radius 3 is 2.69 bits per heavy atom. The molecule has 0 radical (unpaired) electrons. The summed E-state index contributed by atoms with van der Waals surface area (Å²) in [7, 11) is 0. The van der Waals surface area contributed by atoms with Gasteiger partial charge in [0.05, 0.1) is 0 Å². The van der Waals surface area contributed by atoms with Gasteiger partial charge in [-0.15, -0.1) is 0 Å². The number of phenolic OH excluding ortho intramolecular Hbond substituents is 1. The minimum absolute atomic E-state index is 0.175. The molecule has 1 unspecified atom stereocenters. The number of phenols is 1. The van der Waals surface area contributed by atoms with Crippen molar-refractivity contribution in [1.29, 1.82) is 0 Å². The molecule has 3 heteroatoms. The fourth-order valence-corrected chi connectivity index (χ4v) is 1.99. The molecule has 0 saturated heterocycles. The van der Waals surface area contributed by atoms with Crippen molar-refractivity contribution in [2.45, 2.75) is 19.8 Å². The molecule has 0 spiro atoms. The van der Waals surface area contributed by atoms with Crippen molar-refractivity contribution in [3.8, 4) is 5.75 Å². The molecule has 0 heterocycles. The van der Waals surface area contributed by atoms with E-state index >= 15 is 0 Å². The van der Waals surface area contributed by atoms with Gasteiger partial charge >= 0.3 is 0 Å². The second-order valence-electron chi connectivity index (χ2n) is 3.26. The van der Waals surface area contributed by atoms with Crippen molar-refractivity contribution in [2.24, 2.45) is 5.73 Å². The van der Waals surface area contributed by atoms with Crippen LogP contribution in [0.3, 0.4) is 0 Å². The molecule has 0 aliphatic rings. The van der Waals surface area contributed by atoms with E-state index in [0.717, 1.165) is 15.6 Å². The first-order valence-electron chi connectivity index (χ1n) is 4.26. The summed E-state index contributed by atoms with van der Waals surface area (Å²) in [5.41, 5.74) is 7.35. The van der Waals surface area contributed by atoms with E-state index in [1.54, 1.807) is 0 Å². The van der Waals surface area contributed by atoms with Gasteiger partial charge in [0.15, 0.2) is 0 Å². The van der Waals surface area contributed by atoms with Crippen LogP contribution in [0.15, 0.2) is 16.6 Å². The molecular formula is C10H14BrNO. The molecule has 0 bridgehead atoms. The Morgan fingerprint density at radius 1 is 1.54 bits per heavy atom. The van der Waals surface area contributed by atoms with Gasteiger partial charge < -0.3 is 10.8 Å². The first-order valence-corrected chi connectivity index (χ1v) is 5.05. The first kappa shape index (κ1) is 10.5. The highest BCUT2D eigenvalue weighted by molar-refractivity contribution is 9.10. The second kappa shape index (κ2) is 4.11. The highest BCUT2D eigenvalue weighted by atomic mass is 79.9. The zero-order valence-corrected chi connectivity index (χ0v) is 9.43. The topological polar surface area (TPSA) is 46.2 Å². The zero-order chi connectivity index (χ0) is 10.0. The van der Waals surface area contributed by atoms with Gasteiger partial charge in [-0.25, -0.2) is 0 Å². The first-order chi connectivity index (χ1) is 6.07. The summed E-state index contributed by atoms with van der Waals surface area (Å²) >= 11 is 3.41. The number of benzene rings is 1. The standard InChI is InChI=1S/C10H14BrNO/c1-6-3-4-8(11)9(10(6)13)7(2)5-12/h3-4,7,13H,5,12H2,1-2H3.